The van der Waals surface area contributed by atoms with Crippen LogP contribution in [0.1, 0.15) is 32.4 Å². The molecule has 3 nitrogen and oxygen atoms in total. The molecular formula is C14H20F3NO2. The minimum Gasteiger partial charge on any atom is -0.406 e. The van der Waals surface area contributed by atoms with Gasteiger partial charge < -0.3 is 14.8 Å². The maximum Gasteiger partial charge on any atom is 0.573 e. The lowest BCUT2D eigenvalue weighted by molar-refractivity contribution is -0.274. The lowest BCUT2D eigenvalue weighted by Gasteiger charge is -2.20. The van der Waals surface area contributed by atoms with E-state index in [-0.39, 0.29) is 17.9 Å². The van der Waals surface area contributed by atoms with E-state index in [0.717, 1.165) is 0 Å². The smallest absolute Gasteiger partial charge is 0.406 e. The van der Waals surface area contributed by atoms with E-state index in [4.69, 9.17) is 4.74 Å². The van der Waals surface area contributed by atoms with E-state index in [0.29, 0.717) is 18.7 Å². The maximum atomic E-state index is 12.2. The van der Waals surface area contributed by atoms with Crippen molar-refractivity contribution < 1.29 is 22.6 Å². The summed E-state index contributed by atoms with van der Waals surface area (Å²) in [6, 6.07) is 5.78. The van der Waals surface area contributed by atoms with Crippen LogP contribution in [0.15, 0.2) is 24.3 Å². The quantitative estimate of drug-likeness (QED) is 0.831. The standard InChI is InChI=1S/C14H20F3NO2/c1-4-18-13(9-19-10(2)3)11-6-5-7-12(8-11)20-14(15,16)17/h5-8,10,13,18H,4,9H2,1-3H3. The molecule has 0 amide bonds. The number of hydrogen-bond acceptors (Lipinski definition) is 3. The molecule has 0 spiro atoms. The molecule has 1 unspecified atom stereocenters. The summed E-state index contributed by atoms with van der Waals surface area (Å²) in [7, 11) is 0. The van der Waals surface area contributed by atoms with Crippen molar-refractivity contribution in [1.29, 1.82) is 0 Å². The summed E-state index contributed by atoms with van der Waals surface area (Å²) >= 11 is 0. The van der Waals surface area contributed by atoms with Crippen LogP contribution < -0.4 is 10.1 Å². The number of likely N-dealkylation sites (N-methyl/N-ethyl adjacent to an activating group) is 1. The van der Waals surface area contributed by atoms with Gasteiger partial charge in [-0.1, -0.05) is 19.1 Å². The van der Waals surface area contributed by atoms with Gasteiger partial charge in [0.1, 0.15) is 5.75 Å². The van der Waals surface area contributed by atoms with Gasteiger partial charge in [-0.25, -0.2) is 0 Å². The predicted molar refractivity (Wildman–Crippen MR) is 70.6 cm³/mol. The first kappa shape index (κ1) is 16.8. The Bertz CT molecular complexity index is 408. The number of hydrogen-bond donors (Lipinski definition) is 1. The van der Waals surface area contributed by atoms with Gasteiger partial charge in [0.15, 0.2) is 0 Å². The van der Waals surface area contributed by atoms with E-state index in [1.165, 1.54) is 18.2 Å². The van der Waals surface area contributed by atoms with Crippen molar-refractivity contribution in [3.63, 3.8) is 0 Å². The minimum absolute atomic E-state index is 0.0609. The van der Waals surface area contributed by atoms with Crippen LogP contribution >= 0.6 is 0 Å². The van der Waals surface area contributed by atoms with Crippen LogP contribution in [0.2, 0.25) is 0 Å². The molecule has 1 rings (SSSR count). The third kappa shape index (κ3) is 6.25. The average molecular weight is 291 g/mol. The molecule has 0 saturated carbocycles. The van der Waals surface area contributed by atoms with Crippen LogP contribution in [0.4, 0.5) is 13.2 Å². The molecule has 0 aliphatic heterocycles. The topological polar surface area (TPSA) is 30.5 Å². The summed E-state index contributed by atoms with van der Waals surface area (Å²) < 4.78 is 46.1. The predicted octanol–water partition coefficient (Wildman–Crippen LogP) is 3.66. The van der Waals surface area contributed by atoms with Crippen LogP contribution in [-0.4, -0.2) is 25.6 Å². The van der Waals surface area contributed by atoms with Crippen molar-refractivity contribution in [1.82, 2.24) is 5.32 Å². The normalized spacial score (nSPS) is 13.6. The monoisotopic (exact) mass is 291 g/mol. The van der Waals surface area contributed by atoms with Crippen LogP contribution in [0.5, 0.6) is 5.75 Å². The first-order valence-electron chi connectivity index (χ1n) is 6.52. The SMILES string of the molecule is CCNC(COC(C)C)c1cccc(OC(F)(F)F)c1. The number of halogens is 3. The van der Waals surface area contributed by atoms with Gasteiger partial charge in [0.2, 0.25) is 0 Å². The highest BCUT2D eigenvalue weighted by Gasteiger charge is 2.31. The van der Waals surface area contributed by atoms with Gasteiger partial charge in [0.05, 0.1) is 18.8 Å². The summed E-state index contributed by atoms with van der Waals surface area (Å²) in [6.45, 7) is 6.83. The van der Waals surface area contributed by atoms with E-state index in [1.54, 1.807) is 6.07 Å². The van der Waals surface area contributed by atoms with Gasteiger partial charge in [-0.3, -0.25) is 0 Å². The lowest BCUT2D eigenvalue weighted by Crippen LogP contribution is -2.26. The summed E-state index contributed by atoms with van der Waals surface area (Å²) in [5.41, 5.74) is 0.703. The van der Waals surface area contributed by atoms with E-state index < -0.39 is 6.36 Å². The van der Waals surface area contributed by atoms with Crippen molar-refractivity contribution in [2.45, 2.75) is 39.3 Å². The fraction of sp³-hybridized carbons (Fsp3) is 0.571. The first-order chi connectivity index (χ1) is 9.31. The Hall–Kier alpha value is -1.27. The van der Waals surface area contributed by atoms with E-state index in [1.807, 2.05) is 20.8 Å². The zero-order chi connectivity index (χ0) is 15.2. The third-order valence-electron chi connectivity index (χ3n) is 2.54. The molecule has 0 aromatic heterocycles. The number of rotatable bonds is 7. The van der Waals surface area contributed by atoms with Crippen molar-refractivity contribution in [3.8, 4) is 5.75 Å². The fourth-order valence-electron chi connectivity index (χ4n) is 1.74. The van der Waals surface area contributed by atoms with Gasteiger partial charge >= 0.3 is 6.36 Å². The summed E-state index contributed by atoms with van der Waals surface area (Å²) in [5.74, 6) is -0.220. The third-order valence-corrected chi connectivity index (χ3v) is 2.54. The highest BCUT2D eigenvalue weighted by molar-refractivity contribution is 5.30. The van der Waals surface area contributed by atoms with Crippen LogP contribution in [-0.2, 0) is 4.74 Å². The molecule has 0 aliphatic carbocycles. The average Bonchev–Trinajstić information content (AvgIpc) is 2.32. The maximum absolute atomic E-state index is 12.2. The molecule has 6 heteroatoms. The van der Waals surface area contributed by atoms with E-state index in [2.05, 4.69) is 10.1 Å². The second kappa shape index (κ2) is 7.50. The highest BCUT2D eigenvalue weighted by Crippen LogP contribution is 2.25. The molecule has 1 N–H and O–H groups in total. The second-order valence-corrected chi connectivity index (χ2v) is 4.61. The number of benzene rings is 1. The summed E-state index contributed by atoms with van der Waals surface area (Å²) in [5, 5.41) is 3.18. The molecule has 0 aliphatic rings. The summed E-state index contributed by atoms with van der Waals surface area (Å²) in [4.78, 5) is 0. The minimum atomic E-state index is -4.68. The summed E-state index contributed by atoms with van der Waals surface area (Å²) in [6.07, 6.45) is -4.62. The molecule has 1 aromatic carbocycles. The van der Waals surface area contributed by atoms with E-state index in [9.17, 15) is 13.2 Å². The Morgan fingerprint density at radius 1 is 1.25 bits per heavy atom. The molecule has 114 valence electrons. The highest BCUT2D eigenvalue weighted by atomic mass is 19.4. The zero-order valence-electron chi connectivity index (χ0n) is 11.8. The molecule has 0 radical (unpaired) electrons. The van der Waals surface area contributed by atoms with Crippen molar-refractivity contribution in [3.05, 3.63) is 29.8 Å². The number of alkyl halides is 3. The van der Waals surface area contributed by atoms with Gasteiger partial charge in [0.25, 0.3) is 0 Å². The zero-order valence-corrected chi connectivity index (χ0v) is 11.8. The molecule has 1 aromatic rings. The van der Waals surface area contributed by atoms with Gasteiger partial charge in [-0.2, -0.15) is 0 Å². The van der Waals surface area contributed by atoms with E-state index >= 15 is 0 Å². The van der Waals surface area contributed by atoms with Crippen molar-refractivity contribution in [2.24, 2.45) is 0 Å². The van der Waals surface area contributed by atoms with Crippen LogP contribution in [0.3, 0.4) is 0 Å². The van der Waals surface area contributed by atoms with Gasteiger partial charge in [-0.05, 0) is 38.1 Å². The van der Waals surface area contributed by atoms with Crippen molar-refractivity contribution in [2.75, 3.05) is 13.2 Å². The van der Waals surface area contributed by atoms with Gasteiger partial charge in [0, 0.05) is 0 Å². The molecule has 20 heavy (non-hydrogen) atoms. The fourth-order valence-corrected chi connectivity index (χ4v) is 1.74. The second-order valence-electron chi connectivity index (χ2n) is 4.61. The Morgan fingerprint density at radius 2 is 1.95 bits per heavy atom. The first-order valence-corrected chi connectivity index (χ1v) is 6.52. The largest absolute Gasteiger partial charge is 0.573 e. The molecular weight excluding hydrogens is 271 g/mol. The lowest BCUT2D eigenvalue weighted by atomic mass is 10.1. The molecule has 0 bridgehead atoms. The Labute approximate surface area is 117 Å². The van der Waals surface area contributed by atoms with Gasteiger partial charge in [-0.15, -0.1) is 13.2 Å². The molecule has 0 fully saturated rings. The Morgan fingerprint density at radius 3 is 2.50 bits per heavy atom. The Balaban J connectivity index is 2.82. The number of ether oxygens (including phenoxy) is 2. The van der Waals surface area contributed by atoms with Crippen molar-refractivity contribution >= 4 is 0 Å². The Kier molecular flexibility index (Phi) is 6.29. The van der Waals surface area contributed by atoms with Crippen LogP contribution in [0.25, 0.3) is 0 Å². The molecule has 0 heterocycles. The molecule has 0 saturated heterocycles. The molecule has 1 atom stereocenters. The van der Waals surface area contributed by atoms with Crippen LogP contribution in [0, 0.1) is 0 Å². The number of nitrogens with one attached hydrogen (secondary N) is 1.